The average Bonchev–Trinajstić information content (AvgIpc) is 3.04. The number of aliphatic hydroxyl groups excluding tert-OH is 1. The van der Waals surface area contributed by atoms with Crippen LogP contribution in [0.1, 0.15) is 33.3 Å². The maximum Gasteiger partial charge on any atom is 0.231 e. The zero-order valence-corrected chi connectivity index (χ0v) is 12.1. The summed E-state index contributed by atoms with van der Waals surface area (Å²) in [5, 5.41) is 10.9. The van der Waals surface area contributed by atoms with E-state index in [1.54, 1.807) is 24.3 Å². The normalized spacial score (nSPS) is 12.1. The first-order chi connectivity index (χ1) is 10.6. The molecule has 22 heavy (non-hydrogen) atoms. The van der Waals surface area contributed by atoms with Gasteiger partial charge in [0, 0.05) is 23.0 Å². The van der Waals surface area contributed by atoms with Crippen LogP contribution in [0.25, 0.3) is 0 Å². The van der Waals surface area contributed by atoms with Crippen molar-refractivity contribution in [2.75, 3.05) is 0 Å². The maximum absolute atomic E-state index is 12.2. The number of benzene rings is 1. The van der Waals surface area contributed by atoms with Crippen molar-refractivity contribution in [1.29, 1.82) is 0 Å². The molecule has 1 aromatic carbocycles. The number of furan rings is 1. The SMILES string of the molecule is O=C(c1cncnc1)c1cc([C@@H](O)c2cccc(Cl)c2)co1. The molecule has 0 aliphatic rings. The molecule has 0 aliphatic carbocycles. The van der Waals surface area contributed by atoms with Gasteiger partial charge in [-0.05, 0) is 23.8 Å². The zero-order chi connectivity index (χ0) is 15.5. The van der Waals surface area contributed by atoms with Crippen molar-refractivity contribution in [1.82, 2.24) is 9.97 Å². The lowest BCUT2D eigenvalue weighted by molar-refractivity contribution is 0.101. The van der Waals surface area contributed by atoms with Crippen molar-refractivity contribution >= 4 is 17.4 Å². The number of aromatic nitrogens is 2. The quantitative estimate of drug-likeness (QED) is 0.749. The van der Waals surface area contributed by atoms with E-state index in [1.165, 1.54) is 31.1 Å². The average molecular weight is 315 g/mol. The first-order valence-corrected chi connectivity index (χ1v) is 6.84. The number of hydrogen-bond acceptors (Lipinski definition) is 5. The van der Waals surface area contributed by atoms with Crippen molar-refractivity contribution < 1.29 is 14.3 Å². The van der Waals surface area contributed by atoms with E-state index in [2.05, 4.69) is 9.97 Å². The molecule has 0 aliphatic heterocycles. The summed E-state index contributed by atoms with van der Waals surface area (Å²) in [5.74, 6) is -0.226. The van der Waals surface area contributed by atoms with Crippen LogP contribution in [0, 0.1) is 0 Å². The monoisotopic (exact) mass is 314 g/mol. The number of carbonyl (C=O) groups is 1. The number of rotatable bonds is 4. The van der Waals surface area contributed by atoms with E-state index in [0.29, 0.717) is 21.7 Å². The van der Waals surface area contributed by atoms with Crippen LogP contribution < -0.4 is 0 Å². The summed E-state index contributed by atoms with van der Waals surface area (Å²) < 4.78 is 5.26. The number of carbonyl (C=O) groups excluding carboxylic acids is 1. The van der Waals surface area contributed by atoms with Gasteiger partial charge in [-0.15, -0.1) is 0 Å². The van der Waals surface area contributed by atoms with Crippen molar-refractivity contribution in [3.8, 4) is 0 Å². The zero-order valence-electron chi connectivity index (χ0n) is 11.3. The molecule has 0 fully saturated rings. The first-order valence-electron chi connectivity index (χ1n) is 6.47. The Labute approximate surface area is 131 Å². The number of nitrogens with zero attached hydrogens (tertiary/aromatic N) is 2. The highest BCUT2D eigenvalue weighted by molar-refractivity contribution is 6.30. The van der Waals surface area contributed by atoms with E-state index in [-0.39, 0.29) is 11.5 Å². The molecule has 3 rings (SSSR count). The van der Waals surface area contributed by atoms with Crippen molar-refractivity contribution in [3.05, 3.63) is 82.8 Å². The largest absolute Gasteiger partial charge is 0.460 e. The van der Waals surface area contributed by atoms with Gasteiger partial charge in [-0.3, -0.25) is 4.79 Å². The molecule has 0 spiro atoms. The fourth-order valence-corrected chi connectivity index (χ4v) is 2.24. The van der Waals surface area contributed by atoms with E-state index < -0.39 is 6.10 Å². The minimum Gasteiger partial charge on any atom is -0.460 e. The Hall–Kier alpha value is -2.50. The van der Waals surface area contributed by atoms with Gasteiger partial charge in [-0.1, -0.05) is 23.7 Å². The number of halogens is 1. The van der Waals surface area contributed by atoms with Crippen LogP contribution in [0.5, 0.6) is 0 Å². The molecular formula is C16H11ClN2O3. The fourth-order valence-electron chi connectivity index (χ4n) is 2.04. The van der Waals surface area contributed by atoms with Gasteiger partial charge in [0.25, 0.3) is 0 Å². The second kappa shape index (κ2) is 6.09. The Bertz CT molecular complexity index is 802. The van der Waals surface area contributed by atoms with Crippen LogP contribution in [0.4, 0.5) is 0 Å². The third-order valence-electron chi connectivity index (χ3n) is 3.15. The molecule has 0 unspecified atom stereocenters. The summed E-state index contributed by atoms with van der Waals surface area (Å²) in [6.07, 6.45) is 4.59. The molecule has 0 amide bonds. The van der Waals surface area contributed by atoms with Crippen LogP contribution in [0.15, 0.2) is 59.7 Å². The van der Waals surface area contributed by atoms with Gasteiger partial charge in [0.15, 0.2) is 5.76 Å². The summed E-state index contributed by atoms with van der Waals surface area (Å²) in [4.78, 5) is 19.8. The van der Waals surface area contributed by atoms with Gasteiger partial charge in [-0.2, -0.15) is 0 Å². The molecule has 0 bridgehead atoms. The Morgan fingerprint density at radius 3 is 2.68 bits per heavy atom. The lowest BCUT2D eigenvalue weighted by Crippen LogP contribution is -2.01. The molecule has 6 heteroatoms. The van der Waals surface area contributed by atoms with Crippen LogP contribution in [-0.2, 0) is 0 Å². The van der Waals surface area contributed by atoms with Gasteiger partial charge < -0.3 is 9.52 Å². The smallest absolute Gasteiger partial charge is 0.231 e. The number of hydrogen-bond donors (Lipinski definition) is 1. The minimum atomic E-state index is -0.920. The Kier molecular flexibility index (Phi) is 4.00. The second-order valence-electron chi connectivity index (χ2n) is 4.66. The molecule has 110 valence electrons. The summed E-state index contributed by atoms with van der Waals surface area (Å²) in [6, 6.07) is 8.37. The highest BCUT2D eigenvalue weighted by atomic mass is 35.5. The Morgan fingerprint density at radius 1 is 1.18 bits per heavy atom. The van der Waals surface area contributed by atoms with E-state index in [4.69, 9.17) is 16.0 Å². The van der Waals surface area contributed by atoms with E-state index in [9.17, 15) is 9.90 Å². The number of ketones is 1. The van der Waals surface area contributed by atoms with Crippen molar-refractivity contribution in [3.63, 3.8) is 0 Å². The lowest BCUT2D eigenvalue weighted by Gasteiger charge is -2.08. The summed E-state index contributed by atoms with van der Waals surface area (Å²) in [5.41, 5.74) is 1.42. The topological polar surface area (TPSA) is 76.2 Å². The van der Waals surface area contributed by atoms with Gasteiger partial charge in [0.05, 0.1) is 11.8 Å². The highest BCUT2D eigenvalue weighted by Crippen LogP contribution is 2.26. The first kappa shape index (κ1) is 14.4. The maximum atomic E-state index is 12.2. The van der Waals surface area contributed by atoms with Gasteiger partial charge in [0.1, 0.15) is 12.4 Å². The molecule has 1 atom stereocenters. The second-order valence-corrected chi connectivity index (χ2v) is 5.09. The van der Waals surface area contributed by atoms with Crippen LogP contribution in [-0.4, -0.2) is 20.9 Å². The predicted molar refractivity (Wildman–Crippen MR) is 79.7 cm³/mol. The summed E-state index contributed by atoms with van der Waals surface area (Å²) >= 11 is 5.91. The molecule has 0 saturated carbocycles. The predicted octanol–water partition coefficient (Wildman–Crippen LogP) is 3.04. The highest BCUT2D eigenvalue weighted by Gasteiger charge is 2.18. The molecule has 2 heterocycles. The van der Waals surface area contributed by atoms with E-state index in [1.807, 2.05) is 0 Å². The minimum absolute atomic E-state index is 0.117. The molecule has 1 N–H and O–H groups in total. The molecule has 3 aromatic rings. The van der Waals surface area contributed by atoms with Crippen LogP contribution in [0.2, 0.25) is 5.02 Å². The van der Waals surface area contributed by atoms with Gasteiger partial charge in [0.2, 0.25) is 5.78 Å². The van der Waals surface area contributed by atoms with E-state index >= 15 is 0 Å². The number of aliphatic hydroxyl groups is 1. The molecule has 0 saturated heterocycles. The Balaban J connectivity index is 1.86. The molecule has 0 radical (unpaired) electrons. The third-order valence-corrected chi connectivity index (χ3v) is 3.38. The standard InChI is InChI=1S/C16H11ClN2O3/c17-13-3-1-2-10(4-13)15(20)11-5-14(22-8-11)16(21)12-6-18-9-19-7-12/h1-9,15,20H/t15-/m0/s1. The molecule has 5 nitrogen and oxygen atoms in total. The third kappa shape index (κ3) is 2.90. The Morgan fingerprint density at radius 2 is 1.95 bits per heavy atom. The fraction of sp³-hybridized carbons (Fsp3) is 0.0625. The van der Waals surface area contributed by atoms with Gasteiger partial charge in [-0.25, -0.2) is 9.97 Å². The molecule has 2 aromatic heterocycles. The van der Waals surface area contributed by atoms with Crippen LogP contribution >= 0.6 is 11.6 Å². The van der Waals surface area contributed by atoms with E-state index in [0.717, 1.165) is 0 Å². The van der Waals surface area contributed by atoms with Crippen LogP contribution in [0.3, 0.4) is 0 Å². The van der Waals surface area contributed by atoms with Crippen molar-refractivity contribution in [2.45, 2.75) is 6.10 Å². The van der Waals surface area contributed by atoms with Crippen molar-refractivity contribution in [2.24, 2.45) is 0 Å². The summed E-state index contributed by atoms with van der Waals surface area (Å²) in [7, 11) is 0. The lowest BCUT2D eigenvalue weighted by atomic mass is 10.0. The van der Waals surface area contributed by atoms with Gasteiger partial charge >= 0.3 is 0 Å². The molecular weight excluding hydrogens is 304 g/mol. The summed E-state index contributed by atoms with van der Waals surface area (Å²) in [6.45, 7) is 0.